The van der Waals surface area contributed by atoms with Crippen molar-refractivity contribution in [1.82, 2.24) is 0 Å². The van der Waals surface area contributed by atoms with Gasteiger partial charge in [0.05, 0.1) is 0 Å². The second-order valence-corrected chi connectivity index (χ2v) is 4.28. The van der Waals surface area contributed by atoms with E-state index in [9.17, 15) is 13.2 Å². The van der Waals surface area contributed by atoms with Crippen molar-refractivity contribution >= 4 is 16.3 Å². The fourth-order valence-corrected chi connectivity index (χ4v) is 1.63. The van der Waals surface area contributed by atoms with Gasteiger partial charge in [0.2, 0.25) is 0 Å². The molecule has 1 aromatic carbocycles. The van der Waals surface area contributed by atoms with Crippen LogP contribution in [0.5, 0.6) is 0 Å². The van der Waals surface area contributed by atoms with E-state index < -0.39 is 22.4 Å². The van der Waals surface area contributed by atoms with E-state index in [0.717, 1.165) is 0 Å². The lowest BCUT2D eigenvalue weighted by molar-refractivity contribution is -0.144. The van der Waals surface area contributed by atoms with Gasteiger partial charge in [0, 0.05) is 6.42 Å². The van der Waals surface area contributed by atoms with Crippen LogP contribution in [-0.2, 0) is 25.7 Å². The Kier molecular flexibility index (Phi) is 3.99. The first-order chi connectivity index (χ1) is 7.38. The molecule has 0 spiro atoms. The molecule has 1 aromatic rings. The van der Waals surface area contributed by atoms with Gasteiger partial charge in [0.25, 0.3) is 0 Å². The maximum absolute atomic E-state index is 10.7. The molecule has 3 N–H and O–H groups in total. The molecular formula is C9H11NO5S. The van der Waals surface area contributed by atoms with Gasteiger partial charge in [-0.25, -0.2) is 14.1 Å². The Balaban J connectivity index is 2.77. The smallest absolute Gasteiger partial charge is 0.334 e. The van der Waals surface area contributed by atoms with Gasteiger partial charge in [-0.3, -0.25) is 0 Å². The van der Waals surface area contributed by atoms with Crippen LogP contribution >= 0.6 is 0 Å². The minimum atomic E-state index is -4.27. The van der Waals surface area contributed by atoms with Crippen LogP contribution in [0, 0.1) is 0 Å². The van der Waals surface area contributed by atoms with E-state index in [1.54, 1.807) is 30.3 Å². The Morgan fingerprint density at radius 1 is 1.38 bits per heavy atom. The van der Waals surface area contributed by atoms with Crippen LogP contribution in [0.15, 0.2) is 30.3 Å². The minimum Gasteiger partial charge on any atom is -0.479 e. The second kappa shape index (κ2) is 5.06. The summed E-state index contributed by atoms with van der Waals surface area (Å²) in [7, 11) is -4.27. The molecule has 1 rings (SSSR count). The van der Waals surface area contributed by atoms with E-state index >= 15 is 0 Å². The molecule has 0 amide bonds. The van der Waals surface area contributed by atoms with Gasteiger partial charge in [0.1, 0.15) is 0 Å². The first-order valence-electron chi connectivity index (χ1n) is 4.36. The summed E-state index contributed by atoms with van der Waals surface area (Å²) in [5.41, 5.74) is 0.651. The maximum atomic E-state index is 10.7. The standard InChI is InChI=1S/C9H11NO5S/c10-16(13,14)15-8(9(11)12)6-7-4-2-1-3-5-7/h1-5,8H,6H2,(H,11,12)(H2,10,13,14). The molecule has 6 nitrogen and oxygen atoms in total. The second-order valence-electron chi connectivity index (χ2n) is 3.11. The Morgan fingerprint density at radius 2 is 1.94 bits per heavy atom. The van der Waals surface area contributed by atoms with Crippen LogP contribution in [0.3, 0.4) is 0 Å². The monoisotopic (exact) mass is 245 g/mol. The number of carbonyl (C=O) groups is 1. The number of carboxylic acids is 1. The number of benzene rings is 1. The Morgan fingerprint density at radius 3 is 2.38 bits per heavy atom. The summed E-state index contributed by atoms with van der Waals surface area (Å²) in [6.45, 7) is 0. The quantitative estimate of drug-likeness (QED) is 0.753. The van der Waals surface area contributed by atoms with Gasteiger partial charge in [-0.1, -0.05) is 30.3 Å². The summed E-state index contributed by atoms with van der Waals surface area (Å²) in [5, 5.41) is 13.4. The van der Waals surface area contributed by atoms with E-state index in [-0.39, 0.29) is 6.42 Å². The average molecular weight is 245 g/mol. The summed E-state index contributed by atoms with van der Waals surface area (Å²) in [6, 6.07) is 8.53. The van der Waals surface area contributed by atoms with E-state index in [2.05, 4.69) is 9.32 Å². The Hall–Kier alpha value is -1.44. The van der Waals surface area contributed by atoms with Crippen molar-refractivity contribution in [2.75, 3.05) is 0 Å². The maximum Gasteiger partial charge on any atom is 0.334 e. The molecule has 1 unspecified atom stereocenters. The summed E-state index contributed by atoms with van der Waals surface area (Å²) >= 11 is 0. The third-order valence-electron chi connectivity index (χ3n) is 1.79. The highest BCUT2D eigenvalue weighted by Crippen LogP contribution is 2.07. The van der Waals surface area contributed by atoms with Crippen molar-refractivity contribution in [2.45, 2.75) is 12.5 Å². The normalized spacial score (nSPS) is 13.3. The van der Waals surface area contributed by atoms with Crippen molar-refractivity contribution in [3.05, 3.63) is 35.9 Å². The molecule has 16 heavy (non-hydrogen) atoms. The molecule has 0 heterocycles. The number of carboxylic acid groups (broad SMARTS) is 1. The molecule has 0 aliphatic carbocycles. The van der Waals surface area contributed by atoms with Crippen molar-refractivity contribution in [1.29, 1.82) is 0 Å². The summed E-state index contributed by atoms with van der Waals surface area (Å²) < 4.78 is 25.5. The van der Waals surface area contributed by atoms with Crippen LogP contribution < -0.4 is 5.14 Å². The minimum absolute atomic E-state index is 0.0629. The van der Waals surface area contributed by atoms with Gasteiger partial charge in [0.15, 0.2) is 6.10 Å². The molecule has 0 radical (unpaired) electrons. The summed E-state index contributed by atoms with van der Waals surface area (Å²) in [5.74, 6) is -1.38. The van der Waals surface area contributed by atoms with E-state index in [4.69, 9.17) is 5.11 Å². The van der Waals surface area contributed by atoms with Crippen LogP contribution in [0.25, 0.3) is 0 Å². The van der Waals surface area contributed by atoms with Gasteiger partial charge in [-0.2, -0.15) is 8.42 Å². The number of aliphatic carboxylic acids is 1. The highest BCUT2D eigenvalue weighted by Gasteiger charge is 2.23. The van der Waals surface area contributed by atoms with Crippen molar-refractivity contribution in [3.8, 4) is 0 Å². The van der Waals surface area contributed by atoms with Gasteiger partial charge >= 0.3 is 16.3 Å². The third kappa shape index (κ3) is 4.39. The van der Waals surface area contributed by atoms with Crippen molar-refractivity contribution in [2.24, 2.45) is 5.14 Å². The van der Waals surface area contributed by atoms with Crippen LogP contribution in [0.4, 0.5) is 0 Å². The SMILES string of the molecule is NS(=O)(=O)OC(Cc1ccccc1)C(=O)O. The van der Waals surface area contributed by atoms with E-state index in [1.807, 2.05) is 0 Å². The molecule has 0 bridgehead atoms. The molecule has 7 heteroatoms. The fourth-order valence-electron chi connectivity index (χ4n) is 1.15. The molecular weight excluding hydrogens is 234 g/mol. The largest absolute Gasteiger partial charge is 0.479 e. The lowest BCUT2D eigenvalue weighted by Gasteiger charge is -2.11. The topological polar surface area (TPSA) is 107 Å². The van der Waals surface area contributed by atoms with E-state index in [0.29, 0.717) is 5.56 Å². The molecule has 0 saturated heterocycles. The predicted molar refractivity (Wildman–Crippen MR) is 55.8 cm³/mol. The van der Waals surface area contributed by atoms with Crippen LogP contribution in [0.2, 0.25) is 0 Å². The van der Waals surface area contributed by atoms with Crippen LogP contribution in [-0.4, -0.2) is 25.6 Å². The predicted octanol–water partition coefficient (Wildman–Crippen LogP) is -0.0976. The fraction of sp³-hybridized carbons (Fsp3) is 0.222. The number of rotatable bonds is 5. The number of nitrogens with two attached hydrogens (primary N) is 1. The summed E-state index contributed by atoms with van der Waals surface area (Å²) in [6.07, 6.45) is -1.57. The van der Waals surface area contributed by atoms with Gasteiger partial charge < -0.3 is 5.11 Å². The highest BCUT2D eigenvalue weighted by molar-refractivity contribution is 7.84. The van der Waals surface area contributed by atoms with Crippen molar-refractivity contribution < 1.29 is 22.5 Å². The molecule has 0 aliphatic rings. The number of hydrogen-bond donors (Lipinski definition) is 2. The zero-order chi connectivity index (χ0) is 12.2. The Labute approximate surface area is 92.9 Å². The molecule has 0 aromatic heterocycles. The first-order valence-corrected chi connectivity index (χ1v) is 5.83. The van der Waals surface area contributed by atoms with Crippen LogP contribution in [0.1, 0.15) is 5.56 Å². The molecule has 0 fully saturated rings. The van der Waals surface area contributed by atoms with Gasteiger partial charge in [-0.15, -0.1) is 0 Å². The lowest BCUT2D eigenvalue weighted by Crippen LogP contribution is -2.32. The van der Waals surface area contributed by atoms with Crippen molar-refractivity contribution in [3.63, 3.8) is 0 Å². The first kappa shape index (κ1) is 12.6. The zero-order valence-corrected chi connectivity index (χ0v) is 9.05. The highest BCUT2D eigenvalue weighted by atomic mass is 32.2. The van der Waals surface area contributed by atoms with Gasteiger partial charge in [-0.05, 0) is 5.56 Å². The number of hydrogen-bond acceptors (Lipinski definition) is 4. The average Bonchev–Trinajstić information content (AvgIpc) is 2.16. The molecule has 0 aliphatic heterocycles. The molecule has 0 saturated carbocycles. The zero-order valence-electron chi connectivity index (χ0n) is 8.24. The Bertz CT molecular complexity index is 456. The lowest BCUT2D eigenvalue weighted by atomic mass is 10.1. The third-order valence-corrected chi connectivity index (χ3v) is 2.29. The van der Waals surface area contributed by atoms with E-state index in [1.165, 1.54) is 0 Å². The summed E-state index contributed by atoms with van der Waals surface area (Å²) in [4.78, 5) is 10.7. The molecule has 1 atom stereocenters. The molecule has 88 valence electrons.